The van der Waals surface area contributed by atoms with E-state index in [4.69, 9.17) is 5.73 Å². The molecule has 0 aromatic heterocycles. The molecule has 2 amide bonds. The SMILES string of the molecule is N#CC1(C(=O)N2CCC(C(N)=O)C2)CCCCCC1. The van der Waals surface area contributed by atoms with Crippen LogP contribution < -0.4 is 5.73 Å². The summed E-state index contributed by atoms with van der Waals surface area (Å²) in [7, 11) is 0. The number of amides is 2. The minimum Gasteiger partial charge on any atom is -0.369 e. The van der Waals surface area contributed by atoms with E-state index >= 15 is 0 Å². The first-order valence-corrected chi connectivity index (χ1v) is 7.09. The monoisotopic (exact) mass is 263 g/mol. The largest absolute Gasteiger partial charge is 0.369 e. The summed E-state index contributed by atoms with van der Waals surface area (Å²) in [6.07, 6.45) is 6.00. The maximum Gasteiger partial charge on any atom is 0.243 e. The van der Waals surface area contributed by atoms with Gasteiger partial charge in [0.2, 0.25) is 11.8 Å². The number of hydrogen-bond donors (Lipinski definition) is 1. The van der Waals surface area contributed by atoms with Gasteiger partial charge in [0.05, 0.1) is 12.0 Å². The highest BCUT2D eigenvalue weighted by atomic mass is 16.2. The third-order valence-corrected chi connectivity index (χ3v) is 4.46. The molecule has 0 bridgehead atoms. The minimum absolute atomic E-state index is 0.0827. The average molecular weight is 263 g/mol. The Morgan fingerprint density at radius 1 is 1.21 bits per heavy atom. The number of hydrogen-bond acceptors (Lipinski definition) is 3. The van der Waals surface area contributed by atoms with Crippen LogP contribution in [-0.2, 0) is 9.59 Å². The number of rotatable bonds is 2. The van der Waals surface area contributed by atoms with Crippen LogP contribution in [0.4, 0.5) is 0 Å². The molecule has 1 atom stereocenters. The van der Waals surface area contributed by atoms with E-state index in [9.17, 15) is 14.9 Å². The van der Waals surface area contributed by atoms with Crippen molar-refractivity contribution in [1.82, 2.24) is 4.90 Å². The molecule has 104 valence electrons. The van der Waals surface area contributed by atoms with Gasteiger partial charge in [-0.15, -0.1) is 0 Å². The van der Waals surface area contributed by atoms with Gasteiger partial charge in [-0.2, -0.15) is 5.26 Å². The molecule has 1 aliphatic heterocycles. The molecule has 0 aromatic carbocycles. The molecule has 1 unspecified atom stereocenters. The van der Waals surface area contributed by atoms with Gasteiger partial charge in [0.1, 0.15) is 5.41 Å². The second-order valence-electron chi connectivity index (χ2n) is 5.75. The summed E-state index contributed by atoms with van der Waals surface area (Å²) in [5.74, 6) is -0.673. The van der Waals surface area contributed by atoms with Crippen molar-refractivity contribution in [3.8, 4) is 6.07 Å². The zero-order valence-corrected chi connectivity index (χ0v) is 11.2. The second-order valence-corrected chi connectivity index (χ2v) is 5.75. The molecule has 2 rings (SSSR count). The van der Waals surface area contributed by atoms with Crippen LogP contribution in [0.1, 0.15) is 44.9 Å². The molecule has 2 fully saturated rings. The lowest BCUT2D eigenvalue weighted by Crippen LogP contribution is -2.42. The predicted molar refractivity (Wildman–Crippen MR) is 69.6 cm³/mol. The van der Waals surface area contributed by atoms with E-state index in [1.165, 1.54) is 0 Å². The van der Waals surface area contributed by atoms with Gasteiger partial charge in [-0.25, -0.2) is 0 Å². The normalized spacial score (nSPS) is 26.5. The molecule has 19 heavy (non-hydrogen) atoms. The van der Waals surface area contributed by atoms with Gasteiger partial charge in [0.15, 0.2) is 0 Å². The quantitative estimate of drug-likeness (QED) is 0.759. The van der Waals surface area contributed by atoms with E-state index in [1.807, 2.05) is 0 Å². The van der Waals surface area contributed by atoms with Crippen LogP contribution in [0.3, 0.4) is 0 Å². The van der Waals surface area contributed by atoms with Crippen molar-refractivity contribution in [2.45, 2.75) is 44.9 Å². The van der Waals surface area contributed by atoms with Crippen molar-refractivity contribution in [3.05, 3.63) is 0 Å². The molecule has 5 nitrogen and oxygen atoms in total. The highest BCUT2D eigenvalue weighted by Crippen LogP contribution is 2.37. The Bertz CT molecular complexity index is 405. The Kier molecular flexibility index (Phi) is 4.08. The van der Waals surface area contributed by atoms with Gasteiger partial charge in [0.25, 0.3) is 0 Å². The number of carbonyl (C=O) groups is 2. The van der Waals surface area contributed by atoms with E-state index in [1.54, 1.807) is 4.90 Å². The van der Waals surface area contributed by atoms with Crippen molar-refractivity contribution in [2.24, 2.45) is 17.1 Å². The van der Waals surface area contributed by atoms with Crippen LogP contribution >= 0.6 is 0 Å². The fraction of sp³-hybridized carbons (Fsp3) is 0.786. The number of nitriles is 1. The molecule has 1 saturated heterocycles. The lowest BCUT2D eigenvalue weighted by atomic mass is 9.80. The van der Waals surface area contributed by atoms with Gasteiger partial charge in [-0.1, -0.05) is 25.7 Å². The minimum atomic E-state index is -0.858. The van der Waals surface area contributed by atoms with Crippen molar-refractivity contribution in [2.75, 3.05) is 13.1 Å². The highest BCUT2D eigenvalue weighted by molar-refractivity contribution is 5.87. The van der Waals surface area contributed by atoms with E-state index < -0.39 is 5.41 Å². The average Bonchev–Trinajstić information content (AvgIpc) is 2.77. The predicted octanol–water partition coefficient (Wildman–Crippen LogP) is 1.18. The zero-order chi connectivity index (χ0) is 13.9. The Morgan fingerprint density at radius 3 is 2.32 bits per heavy atom. The van der Waals surface area contributed by atoms with Crippen LogP contribution in [0, 0.1) is 22.7 Å². The topological polar surface area (TPSA) is 87.2 Å². The number of likely N-dealkylation sites (tertiary alicyclic amines) is 1. The third kappa shape index (κ3) is 2.73. The Morgan fingerprint density at radius 2 is 1.84 bits per heavy atom. The van der Waals surface area contributed by atoms with Crippen LogP contribution in [0.15, 0.2) is 0 Å². The standard InChI is InChI=1S/C14H21N3O2/c15-10-14(6-3-1-2-4-7-14)13(19)17-8-5-11(9-17)12(16)18/h11H,1-9H2,(H2,16,18). The molecule has 2 aliphatic rings. The van der Waals surface area contributed by atoms with Crippen molar-refractivity contribution < 1.29 is 9.59 Å². The molecule has 2 N–H and O–H groups in total. The maximum atomic E-state index is 12.6. The van der Waals surface area contributed by atoms with Crippen LogP contribution in [0.5, 0.6) is 0 Å². The van der Waals surface area contributed by atoms with Crippen LogP contribution in [0.25, 0.3) is 0 Å². The summed E-state index contributed by atoms with van der Waals surface area (Å²) < 4.78 is 0. The van der Waals surface area contributed by atoms with E-state index in [-0.39, 0.29) is 17.7 Å². The fourth-order valence-electron chi connectivity index (χ4n) is 3.19. The van der Waals surface area contributed by atoms with Crippen molar-refractivity contribution in [3.63, 3.8) is 0 Å². The summed E-state index contributed by atoms with van der Waals surface area (Å²) in [6.45, 7) is 0.938. The number of carbonyl (C=O) groups excluding carboxylic acids is 2. The van der Waals surface area contributed by atoms with Gasteiger partial charge < -0.3 is 10.6 Å². The number of nitrogens with two attached hydrogens (primary N) is 1. The molecule has 5 heteroatoms. The summed E-state index contributed by atoms with van der Waals surface area (Å²) in [4.78, 5) is 25.5. The molecule has 0 aromatic rings. The molecule has 0 spiro atoms. The third-order valence-electron chi connectivity index (χ3n) is 4.46. The maximum absolute atomic E-state index is 12.6. The molecule has 1 saturated carbocycles. The first kappa shape index (κ1) is 13.9. The van der Waals surface area contributed by atoms with E-state index in [2.05, 4.69) is 6.07 Å². The van der Waals surface area contributed by atoms with Crippen molar-refractivity contribution in [1.29, 1.82) is 5.26 Å². The van der Waals surface area contributed by atoms with Gasteiger partial charge in [-0.3, -0.25) is 9.59 Å². The zero-order valence-electron chi connectivity index (χ0n) is 11.2. The lowest BCUT2D eigenvalue weighted by Gasteiger charge is -2.29. The summed E-state index contributed by atoms with van der Waals surface area (Å²) in [6, 6.07) is 2.27. The van der Waals surface area contributed by atoms with Gasteiger partial charge in [-0.05, 0) is 19.3 Å². The van der Waals surface area contributed by atoms with Gasteiger partial charge >= 0.3 is 0 Å². The lowest BCUT2D eigenvalue weighted by molar-refractivity contribution is -0.138. The Balaban J connectivity index is 2.09. The molecule has 1 heterocycles. The fourth-order valence-corrected chi connectivity index (χ4v) is 3.19. The highest BCUT2D eigenvalue weighted by Gasteiger charge is 2.43. The van der Waals surface area contributed by atoms with Gasteiger partial charge in [0, 0.05) is 13.1 Å². The summed E-state index contributed by atoms with van der Waals surface area (Å²) >= 11 is 0. The molecule has 0 radical (unpaired) electrons. The van der Waals surface area contributed by atoms with E-state index in [0.29, 0.717) is 32.4 Å². The van der Waals surface area contributed by atoms with E-state index in [0.717, 1.165) is 25.7 Å². The van der Waals surface area contributed by atoms with Crippen molar-refractivity contribution >= 4 is 11.8 Å². The molecule has 1 aliphatic carbocycles. The number of primary amides is 1. The Hall–Kier alpha value is -1.57. The second kappa shape index (κ2) is 5.60. The summed E-state index contributed by atoms with van der Waals surface area (Å²) in [5, 5.41) is 9.48. The molecular weight excluding hydrogens is 242 g/mol. The van der Waals surface area contributed by atoms with Crippen LogP contribution in [-0.4, -0.2) is 29.8 Å². The molecular formula is C14H21N3O2. The van der Waals surface area contributed by atoms with Crippen LogP contribution in [0.2, 0.25) is 0 Å². The smallest absolute Gasteiger partial charge is 0.243 e. The first-order valence-electron chi connectivity index (χ1n) is 7.09. The number of nitrogens with zero attached hydrogens (tertiary/aromatic N) is 2. The summed E-state index contributed by atoms with van der Waals surface area (Å²) in [5.41, 5.74) is 4.43. The first-order chi connectivity index (χ1) is 9.09. The Labute approximate surface area is 113 Å².